The summed E-state index contributed by atoms with van der Waals surface area (Å²) < 4.78 is 0. The first-order chi connectivity index (χ1) is 11.5. The maximum Gasteiger partial charge on any atom is 0.0775 e. The molecule has 0 nitrogen and oxygen atoms in total. The summed E-state index contributed by atoms with van der Waals surface area (Å²) in [5.74, 6) is 0. The van der Waals surface area contributed by atoms with Crippen LogP contribution in [-0.4, -0.2) is 8.07 Å². The highest BCUT2D eigenvalue weighted by Crippen LogP contribution is 2.56. The fourth-order valence-electron chi connectivity index (χ4n) is 4.43. The largest absolute Gasteiger partial charge is 0.0837 e. The molecule has 0 fully saturated rings. The van der Waals surface area contributed by atoms with Gasteiger partial charge in [0.1, 0.15) is 0 Å². The van der Waals surface area contributed by atoms with Crippen LogP contribution in [0.2, 0.25) is 19.6 Å². The molecular weight excluding hydrogens is 340 g/mol. The lowest BCUT2D eigenvalue weighted by Gasteiger charge is -2.30. The van der Waals surface area contributed by atoms with E-state index in [4.69, 9.17) is 11.6 Å². The summed E-state index contributed by atoms with van der Waals surface area (Å²) in [6.07, 6.45) is 0. The average Bonchev–Trinajstić information content (AvgIpc) is 2.69. The molecule has 0 N–H and O–H groups in total. The Balaban J connectivity index is 2.17. The van der Waals surface area contributed by atoms with E-state index in [1.165, 1.54) is 21.9 Å². The van der Waals surface area contributed by atoms with Crippen LogP contribution in [0.15, 0.2) is 54.1 Å². The van der Waals surface area contributed by atoms with E-state index in [0.717, 1.165) is 10.6 Å². The van der Waals surface area contributed by atoms with Crippen molar-refractivity contribution in [3.8, 4) is 0 Å². The third-order valence-electron chi connectivity index (χ3n) is 5.75. The highest BCUT2D eigenvalue weighted by Gasteiger charge is 2.47. The van der Waals surface area contributed by atoms with E-state index in [1.807, 2.05) is 0 Å². The standard InChI is InChI=1S/C23H29ClSi/c1-22(2)18-10-8-9-11-19(18)23(3,4)21(22)20(24)16-12-14-17(15-13-16)25(5,6)7/h8-15H,1-7H3. The van der Waals surface area contributed by atoms with Gasteiger partial charge in [0.2, 0.25) is 0 Å². The summed E-state index contributed by atoms with van der Waals surface area (Å²) in [5, 5.41) is 2.38. The van der Waals surface area contributed by atoms with Crippen LogP contribution in [0.4, 0.5) is 0 Å². The SMILES string of the molecule is CC1(C)C(=C(Cl)c2ccc([Si](C)(C)C)cc2)C(C)(C)c2ccccc21. The molecule has 0 spiro atoms. The lowest BCUT2D eigenvalue weighted by atomic mass is 9.74. The molecule has 0 saturated carbocycles. The van der Waals surface area contributed by atoms with Crippen LogP contribution in [0.5, 0.6) is 0 Å². The van der Waals surface area contributed by atoms with Crippen LogP contribution in [0.25, 0.3) is 5.03 Å². The minimum absolute atomic E-state index is 0.0609. The molecule has 0 amide bonds. The zero-order valence-electron chi connectivity index (χ0n) is 16.5. The van der Waals surface area contributed by atoms with Gasteiger partial charge in [-0.15, -0.1) is 0 Å². The van der Waals surface area contributed by atoms with E-state index in [2.05, 4.69) is 95.9 Å². The number of allylic oxidation sites excluding steroid dienone is 1. The summed E-state index contributed by atoms with van der Waals surface area (Å²) in [7, 11) is -1.29. The minimum atomic E-state index is -1.29. The summed E-state index contributed by atoms with van der Waals surface area (Å²) in [4.78, 5) is 0. The molecule has 3 rings (SSSR count). The van der Waals surface area contributed by atoms with Gasteiger partial charge in [0.05, 0.1) is 8.07 Å². The highest BCUT2D eigenvalue weighted by molar-refractivity contribution is 6.88. The third kappa shape index (κ3) is 2.92. The van der Waals surface area contributed by atoms with Gasteiger partial charge < -0.3 is 0 Å². The molecule has 2 aromatic carbocycles. The smallest absolute Gasteiger partial charge is 0.0775 e. The van der Waals surface area contributed by atoms with E-state index >= 15 is 0 Å². The van der Waals surface area contributed by atoms with Crippen molar-refractivity contribution in [1.29, 1.82) is 0 Å². The first kappa shape index (κ1) is 18.5. The van der Waals surface area contributed by atoms with E-state index < -0.39 is 8.07 Å². The molecule has 1 aliphatic rings. The van der Waals surface area contributed by atoms with Gasteiger partial charge in [-0.3, -0.25) is 0 Å². The second-order valence-corrected chi connectivity index (χ2v) is 14.8. The van der Waals surface area contributed by atoms with Crippen molar-refractivity contribution in [1.82, 2.24) is 0 Å². The molecule has 0 bridgehead atoms. The second-order valence-electron chi connectivity index (χ2n) is 9.31. The minimum Gasteiger partial charge on any atom is -0.0837 e. The van der Waals surface area contributed by atoms with Gasteiger partial charge in [-0.25, -0.2) is 0 Å². The van der Waals surface area contributed by atoms with Gasteiger partial charge in [-0.05, 0) is 22.3 Å². The molecule has 0 aliphatic heterocycles. The van der Waals surface area contributed by atoms with Crippen molar-refractivity contribution >= 4 is 29.9 Å². The Labute approximate surface area is 158 Å². The highest BCUT2D eigenvalue weighted by atomic mass is 35.5. The molecule has 0 atom stereocenters. The third-order valence-corrected chi connectivity index (χ3v) is 8.22. The topological polar surface area (TPSA) is 0 Å². The number of benzene rings is 2. The molecular formula is C23H29ClSi. The average molecular weight is 369 g/mol. The van der Waals surface area contributed by atoms with Gasteiger partial charge in [0, 0.05) is 15.9 Å². The number of hydrogen-bond acceptors (Lipinski definition) is 0. The first-order valence-corrected chi connectivity index (χ1v) is 13.0. The van der Waals surface area contributed by atoms with Crippen molar-refractivity contribution in [2.45, 2.75) is 58.2 Å². The first-order valence-electron chi connectivity index (χ1n) is 9.09. The Hall–Kier alpha value is -1.31. The Morgan fingerprint density at radius 3 is 1.60 bits per heavy atom. The quantitative estimate of drug-likeness (QED) is 0.534. The van der Waals surface area contributed by atoms with Crippen molar-refractivity contribution < 1.29 is 0 Å². The van der Waals surface area contributed by atoms with Crippen LogP contribution in [0.3, 0.4) is 0 Å². The Morgan fingerprint density at radius 2 is 1.20 bits per heavy atom. The summed E-state index contributed by atoms with van der Waals surface area (Å²) in [6.45, 7) is 16.3. The number of fused-ring (bicyclic) bond motifs is 1. The number of rotatable bonds is 2. The Bertz CT molecular complexity index is 796. The maximum absolute atomic E-state index is 7.03. The van der Waals surface area contributed by atoms with Gasteiger partial charge in [-0.2, -0.15) is 0 Å². The Morgan fingerprint density at radius 1 is 0.760 bits per heavy atom. The predicted molar refractivity (Wildman–Crippen MR) is 115 cm³/mol. The van der Waals surface area contributed by atoms with Crippen LogP contribution in [-0.2, 0) is 10.8 Å². The predicted octanol–water partition coefficient (Wildman–Crippen LogP) is 6.45. The number of hydrogen-bond donors (Lipinski definition) is 0. The van der Waals surface area contributed by atoms with E-state index in [-0.39, 0.29) is 10.8 Å². The van der Waals surface area contributed by atoms with Crippen molar-refractivity contribution in [3.63, 3.8) is 0 Å². The van der Waals surface area contributed by atoms with Gasteiger partial charge in [-0.1, -0.05) is 113 Å². The second kappa shape index (κ2) is 5.86. The molecule has 0 radical (unpaired) electrons. The molecule has 0 aromatic heterocycles. The summed E-state index contributed by atoms with van der Waals surface area (Å²) in [6, 6.07) is 17.7. The van der Waals surface area contributed by atoms with Crippen molar-refractivity contribution in [2.24, 2.45) is 0 Å². The zero-order chi connectivity index (χ0) is 18.6. The molecule has 25 heavy (non-hydrogen) atoms. The van der Waals surface area contributed by atoms with Gasteiger partial charge >= 0.3 is 0 Å². The molecule has 0 unspecified atom stereocenters. The molecule has 0 heterocycles. The number of halogens is 1. The molecule has 2 aromatic rings. The fraction of sp³-hybridized carbons (Fsp3) is 0.391. The van der Waals surface area contributed by atoms with Crippen LogP contribution < -0.4 is 5.19 Å². The van der Waals surface area contributed by atoms with Crippen molar-refractivity contribution in [2.75, 3.05) is 0 Å². The van der Waals surface area contributed by atoms with E-state index in [1.54, 1.807) is 0 Å². The van der Waals surface area contributed by atoms with Crippen molar-refractivity contribution in [3.05, 3.63) is 70.8 Å². The van der Waals surface area contributed by atoms with Crippen LogP contribution >= 0.6 is 11.6 Å². The lowest BCUT2D eigenvalue weighted by Crippen LogP contribution is -2.37. The van der Waals surface area contributed by atoms with Crippen LogP contribution in [0, 0.1) is 0 Å². The summed E-state index contributed by atoms with van der Waals surface area (Å²) in [5.41, 5.74) is 5.12. The van der Waals surface area contributed by atoms with Crippen LogP contribution in [0.1, 0.15) is 44.4 Å². The van der Waals surface area contributed by atoms with E-state index in [9.17, 15) is 0 Å². The lowest BCUT2D eigenvalue weighted by molar-refractivity contribution is 0.554. The zero-order valence-corrected chi connectivity index (χ0v) is 18.3. The molecule has 1 aliphatic carbocycles. The summed E-state index contributed by atoms with van der Waals surface area (Å²) >= 11 is 7.03. The molecule has 2 heteroatoms. The van der Waals surface area contributed by atoms with Gasteiger partial charge in [0.25, 0.3) is 0 Å². The molecule has 0 saturated heterocycles. The van der Waals surface area contributed by atoms with E-state index in [0.29, 0.717) is 0 Å². The molecule has 132 valence electrons. The Kier molecular flexibility index (Phi) is 4.33. The monoisotopic (exact) mass is 368 g/mol. The maximum atomic E-state index is 7.03. The van der Waals surface area contributed by atoms with Gasteiger partial charge in [0.15, 0.2) is 0 Å². The fourth-order valence-corrected chi connectivity index (χ4v) is 6.20. The normalized spacial score (nSPS) is 18.2.